The summed E-state index contributed by atoms with van der Waals surface area (Å²) >= 11 is 2.20. The third kappa shape index (κ3) is 1.48. The van der Waals surface area contributed by atoms with Gasteiger partial charge in [-0.25, -0.2) is 0 Å². The Morgan fingerprint density at radius 3 is 3.10 bits per heavy atom. The molecule has 2 heterocycles. The summed E-state index contributed by atoms with van der Waals surface area (Å²) in [6.45, 7) is 1.27. The summed E-state index contributed by atoms with van der Waals surface area (Å²) in [5.74, 6) is 1.39. The molecular formula is C8H15NS. The van der Waals surface area contributed by atoms with Crippen LogP contribution in [0.25, 0.3) is 0 Å². The third-order valence-corrected chi connectivity index (χ3v) is 3.97. The van der Waals surface area contributed by atoms with Gasteiger partial charge in [0.05, 0.1) is 0 Å². The Morgan fingerprint density at radius 1 is 1.10 bits per heavy atom. The van der Waals surface area contributed by atoms with Gasteiger partial charge < -0.3 is 5.32 Å². The molecule has 2 bridgehead atoms. The maximum Gasteiger partial charge on any atom is 0.00753 e. The maximum absolute atomic E-state index is 3.60. The number of hydrogen-bond donors (Lipinski definition) is 1. The average molecular weight is 157 g/mol. The highest BCUT2D eigenvalue weighted by atomic mass is 32.2. The zero-order chi connectivity index (χ0) is 6.81. The minimum absolute atomic E-state index is 0.861. The zero-order valence-electron chi connectivity index (χ0n) is 6.31. The van der Waals surface area contributed by atoms with E-state index in [0.29, 0.717) is 0 Å². The predicted molar refractivity (Wildman–Crippen MR) is 46.5 cm³/mol. The molecule has 2 saturated heterocycles. The lowest BCUT2D eigenvalue weighted by atomic mass is 10.1. The molecule has 0 aromatic carbocycles. The maximum atomic E-state index is 3.60. The lowest BCUT2D eigenvalue weighted by Crippen LogP contribution is -2.29. The van der Waals surface area contributed by atoms with E-state index in [1.54, 1.807) is 0 Å². The SMILES string of the molecule is C1CC2CCC(CCS2)N1. The molecule has 0 saturated carbocycles. The van der Waals surface area contributed by atoms with Gasteiger partial charge in [0.15, 0.2) is 0 Å². The molecule has 10 heavy (non-hydrogen) atoms. The van der Waals surface area contributed by atoms with Crippen LogP contribution in [0.1, 0.15) is 25.7 Å². The minimum Gasteiger partial charge on any atom is -0.314 e. The second-order valence-corrected chi connectivity index (χ2v) is 4.71. The van der Waals surface area contributed by atoms with Gasteiger partial charge >= 0.3 is 0 Å². The van der Waals surface area contributed by atoms with Crippen molar-refractivity contribution in [1.82, 2.24) is 5.32 Å². The summed E-state index contributed by atoms with van der Waals surface area (Å²) in [5.41, 5.74) is 0. The summed E-state index contributed by atoms with van der Waals surface area (Å²) in [6, 6.07) is 0.861. The fourth-order valence-corrected chi connectivity index (χ4v) is 3.21. The number of thioether (sulfide) groups is 1. The van der Waals surface area contributed by atoms with Crippen molar-refractivity contribution < 1.29 is 0 Å². The number of fused-ring (bicyclic) bond motifs is 3. The molecule has 58 valence electrons. The average Bonchev–Trinajstić information content (AvgIpc) is 2.17. The van der Waals surface area contributed by atoms with Gasteiger partial charge in [0.1, 0.15) is 0 Å². The monoisotopic (exact) mass is 157 g/mol. The molecule has 2 rings (SSSR count). The van der Waals surface area contributed by atoms with E-state index in [1.807, 2.05) is 0 Å². The van der Waals surface area contributed by atoms with E-state index in [9.17, 15) is 0 Å². The quantitative estimate of drug-likeness (QED) is 0.573. The highest BCUT2D eigenvalue weighted by Crippen LogP contribution is 2.28. The van der Waals surface area contributed by atoms with E-state index < -0.39 is 0 Å². The Hall–Kier alpha value is 0.310. The molecular weight excluding hydrogens is 142 g/mol. The minimum atomic E-state index is 0.861. The Labute approximate surface area is 67.0 Å². The van der Waals surface area contributed by atoms with Gasteiger partial charge in [0.2, 0.25) is 0 Å². The molecule has 2 fully saturated rings. The Bertz CT molecular complexity index is 93.8. The van der Waals surface area contributed by atoms with Crippen LogP contribution in [-0.2, 0) is 0 Å². The highest BCUT2D eigenvalue weighted by Gasteiger charge is 2.21. The van der Waals surface area contributed by atoms with E-state index in [0.717, 1.165) is 11.3 Å². The molecule has 1 N–H and O–H groups in total. The largest absolute Gasteiger partial charge is 0.314 e. The molecule has 0 amide bonds. The molecule has 2 heteroatoms. The van der Waals surface area contributed by atoms with Gasteiger partial charge in [0, 0.05) is 11.3 Å². The molecule has 2 atom stereocenters. The Balaban J connectivity index is 2.01. The van der Waals surface area contributed by atoms with E-state index in [4.69, 9.17) is 0 Å². The molecule has 2 aliphatic heterocycles. The van der Waals surface area contributed by atoms with E-state index in [1.165, 1.54) is 38.0 Å². The molecule has 0 spiro atoms. The smallest absolute Gasteiger partial charge is 0.00753 e. The van der Waals surface area contributed by atoms with Crippen LogP contribution in [0.3, 0.4) is 0 Å². The van der Waals surface area contributed by atoms with Crippen molar-refractivity contribution in [2.75, 3.05) is 12.3 Å². The number of hydrogen-bond acceptors (Lipinski definition) is 2. The molecule has 1 nitrogen and oxygen atoms in total. The van der Waals surface area contributed by atoms with E-state index >= 15 is 0 Å². The van der Waals surface area contributed by atoms with Crippen molar-refractivity contribution in [1.29, 1.82) is 0 Å². The van der Waals surface area contributed by atoms with Crippen molar-refractivity contribution in [3.05, 3.63) is 0 Å². The number of rotatable bonds is 0. The first-order chi connectivity index (χ1) is 4.95. The van der Waals surface area contributed by atoms with Gasteiger partial charge in [-0.2, -0.15) is 11.8 Å². The molecule has 2 unspecified atom stereocenters. The summed E-state index contributed by atoms with van der Waals surface area (Å²) in [5, 5.41) is 4.59. The molecule has 0 radical (unpaired) electrons. The molecule has 0 aromatic rings. The second kappa shape index (κ2) is 3.14. The third-order valence-electron chi connectivity index (χ3n) is 2.56. The first-order valence-electron chi connectivity index (χ1n) is 4.30. The zero-order valence-corrected chi connectivity index (χ0v) is 7.12. The van der Waals surface area contributed by atoms with Gasteiger partial charge in [-0.05, 0) is 38.0 Å². The predicted octanol–water partition coefficient (Wildman–Crippen LogP) is 1.63. The van der Waals surface area contributed by atoms with Crippen molar-refractivity contribution >= 4 is 11.8 Å². The van der Waals surface area contributed by atoms with Crippen LogP contribution >= 0.6 is 11.8 Å². The van der Waals surface area contributed by atoms with Crippen molar-refractivity contribution in [3.8, 4) is 0 Å². The van der Waals surface area contributed by atoms with E-state index in [-0.39, 0.29) is 0 Å². The number of nitrogens with one attached hydrogen (secondary N) is 1. The summed E-state index contributed by atoms with van der Waals surface area (Å²) in [4.78, 5) is 0. The van der Waals surface area contributed by atoms with E-state index in [2.05, 4.69) is 17.1 Å². The summed E-state index contributed by atoms with van der Waals surface area (Å²) in [6.07, 6.45) is 5.70. The van der Waals surface area contributed by atoms with Gasteiger partial charge in [-0.1, -0.05) is 0 Å². The van der Waals surface area contributed by atoms with Crippen LogP contribution in [-0.4, -0.2) is 23.6 Å². The molecule has 0 aromatic heterocycles. The van der Waals surface area contributed by atoms with Gasteiger partial charge in [-0.15, -0.1) is 0 Å². The normalized spacial score (nSPS) is 40.8. The van der Waals surface area contributed by atoms with Crippen LogP contribution in [0.5, 0.6) is 0 Å². The molecule has 2 aliphatic rings. The molecule has 0 aliphatic carbocycles. The van der Waals surface area contributed by atoms with Crippen molar-refractivity contribution in [3.63, 3.8) is 0 Å². The topological polar surface area (TPSA) is 12.0 Å². The van der Waals surface area contributed by atoms with Crippen LogP contribution in [0.2, 0.25) is 0 Å². The fourth-order valence-electron chi connectivity index (χ4n) is 1.87. The van der Waals surface area contributed by atoms with Gasteiger partial charge in [0.25, 0.3) is 0 Å². The lowest BCUT2D eigenvalue weighted by molar-refractivity contribution is 0.502. The van der Waals surface area contributed by atoms with Crippen molar-refractivity contribution in [2.45, 2.75) is 37.0 Å². The Kier molecular flexibility index (Phi) is 2.19. The first kappa shape index (κ1) is 6.99. The summed E-state index contributed by atoms with van der Waals surface area (Å²) < 4.78 is 0. The standard InChI is InChI=1S/C8H15NS/c1-2-8-3-5-9-7(1)4-6-10-8/h7-9H,1-6H2. The van der Waals surface area contributed by atoms with Gasteiger partial charge in [-0.3, -0.25) is 0 Å². The van der Waals surface area contributed by atoms with Crippen LogP contribution in [0, 0.1) is 0 Å². The highest BCUT2D eigenvalue weighted by molar-refractivity contribution is 7.99. The van der Waals surface area contributed by atoms with Crippen molar-refractivity contribution in [2.24, 2.45) is 0 Å². The fraction of sp³-hybridized carbons (Fsp3) is 1.00. The first-order valence-corrected chi connectivity index (χ1v) is 5.35. The Morgan fingerprint density at radius 2 is 2.10 bits per heavy atom. The second-order valence-electron chi connectivity index (χ2n) is 3.30. The summed E-state index contributed by atoms with van der Waals surface area (Å²) in [7, 11) is 0. The lowest BCUT2D eigenvalue weighted by Gasteiger charge is -2.16. The van der Waals surface area contributed by atoms with Crippen LogP contribution in [0.4, 0.5) is 0 Å². The van der Waals surface area contributed by atoms with Crippen LogP contribution in [0.15, 0.2) is 0 Å². The van der Waals surface area contributed by atoms with Crippen LogP contribution < -0.4 is 5.32 Å².